The van der Waals surface area contributed by atoms with E-state index in [4.69, 9.17) is 4.74 Å². The average molecular weight is 277 g/mol. The van der Waals surface area contributed by atoms with Gasteiger partial charge in [0.05, 0.1) is 6.10 Å². The van der Waals surface area contributed by atoms with Crippen LogP contribution in [-0.4, -0.2) is 67.4 Å². The van der Waals surface area contributed by atoms with Crippen LogP contribution in [0.5, 0.6) is 0 Å². The fourth-order valence-electron chi connectivity index (χ4n) is 2.68. The average Bonchev–Trinajstić information content (AvgIpc) is 3.00. The van der Waals surface area contributed by atoms with E-state index >= 15 is 0 Å². The van der Waals surface area contributed by atoms with Gasteiger partial charge in [-0.1, -0.05) is 0 Å². The molecule has 3 rings (SSSR count). The van der Waals surface area contributed by atoms with Crippen LogP contribution >= 0.6 is 0 Å². The molecule has 0 aliphatic carbocycles. The Hall–Kier alpha value is -1.40. The third kappa shape index (κ3) is 3.37. The van der Waals surface area contributed by atoms with Gasteiger partial charge in [-0.25, -0.2) is 9.97 Å². The molecule has 0 unspecified atom stereocenters. The Bertz CT molecular complexity index is 427. The summed E-state index contributed by atoms with van der Waals surface area (Å²) in [4.78, 5) is 13.3. The molecule has 2 saturated heterocycles. The summed E-state index contributed by atoms with van der Waals surface area (Å²) in [5, 5.41) is 3.36. The smallest absolute Gasteiger partial charge is 0.134 e. The van der Waals surface area contributed by atoms with E-state index in [0.717, 1.165) is 57.4 Å². The Balaban J connectivity index is 1.57. The molecule has 0 amide bonds. The van der Waals surface area contributed by atoms with Crippen LogP contribution in [0.3, 0.4) is 0 Å². The van der Waals surface area contributed by atoms with Crippen molar-refractivity contribution in [1.29, 1.82) is 0 Å². The van der Waals surface area contributed by atoms with Gasteiger partial charge in [-0.15, -0.1) is 0 Å². The molecule has 0 bridgehead atoms. The van der Waals surface area contributed by atoms with Gasteiger partial charge in [0.25, 0.3) is 0 Å². The van der Waals surface area contributed by atoms with Crippen LogP contribution in [0, 0.1) is 0 Å². The number of aromatic nitrogens is 2. The van der Waals surface area contributed by atoms with Crippen molar-refractivity contribution < 1.29 is 4.74 Å². The fourth-order valence-corrected chi connectivity index (χ4v) is 2.68. The minimum absolute atomic E-state index is 0.331. The molecule has 6 heteroatoms. The molecular weight excluding hydrogens is 254 g/mol. The quantitative estimate of drug-likeness (QED) is 0.879. The summed E-state index contributed by atoms with van der Waals surface area (Å²) in [6, 6.07) is 2.04. The molecule has 0 radical (unpaired) electrons. The van der Waals surface area contributed by atoms with Crippen molar-refractivity contribution in [3.63, 3.8) is 0 Å². The highest BCUT2D eigenvalue weighted by atomic mass is 16.5. The van der Waals surface area contributed by atoms with E-state index in [0.29, 0.717) is 6.10 Å². The summed E-state index contributed by atoms with van der Waals surface area (Å²) < 4.78 is 5.61. The molecule has 2 aliphatic rings. The van der Waals surface area contributed by atoms with E-state index < -0.39 is 0 Å². The lowest BCUT2D eigenvalue weighted by Gasteiger charge is -2.33. The molecule has 2 aliphatic heterocycles. The van der Waals surface area contributed by atoms with Gasteiger partial charge in [0.15, 0.2) is 0 Å². The number of anilines is 2. The summed E-state index contributed by atoms with van der Waals surface area (Å²) in [6.45, 7) is 5.95. The van der Waals surface area contributed by atoms with Gasteiger partial charge in [-0.3, -0.25) is 0 Å². The Morgan fingerprint density at radius 2 is 2.15 bits per heavy atom. The number of ether oxygens (including phenoxy) is 1. The predicted molar refractivity (Wildman–Crippen MR) is 79.2 cm³/mol. The van der Waals surface area contributed by atoms with Crippen LogP contribution in [0.15, 0.2) is 12.4 Å². The SMILES string of the molecule is CN1CCN(c2cc(NC[C@H]3CCCO3)ncn2)CC1. The van der Waals surface area contributed by atoms with E-state index in [1.54, 1.807) is 6.33 Å². The molecule has 1 atom stereocenters. The van der Waals surface area contributed by atoms with Crippen molar-refractivity contribution in [2.24, 2.45) is 0 Å². The van der Waals surface area contributed by atoms with Crippen molar-refractivity contribution in [1.82, 2.24) is 14.9 Å². The fraction of sp³-hybridized carbons (Fsp3) is 0.714. The Morgan fingerprint density at radius 3 is 2.90 bits per heavy atom. The highest BCUT2D eigenvalue weighted by Gasteiger charge is 2.17. The summed E-state index contributed by atoms with van der Waals surface area (Å²) >= 11 is 0. The molecule has 2 fully saturated rings. The van der Waals surface area contributed by atoms with Crippen molar-refractivity contribution >= 4 is 11.6 Å². The number of rotatable bonds is 4. The van der Waals surface area contributed by atoms with Crippen LogP contribution in [0.1, 0.15) is 12.8 Å². The van der Waals surface area contributed by atoms with Gasteiger partial charge >= 0.3 is 0 Å². The van der Waals surface area contributed by atoms with Crippen LogP contribution in [0.2, 0.25) is 0 Å². The standard InChI is InChI=1S/C14H23N5O/c1-18-4-6-19(7-5-18)14-9-13(16-11-17-14)15-10-12-3-2-8-20-12/h9,11-12H,2-8,10H2,1H3,(H,15,16,17)/t12-/m1/s1. The second-order valence-corrected chi connectivity index (χ2v) is 5.57. The van der Waals surface area contributed by atoms with Gasteiger partial charge in [-0.2, -0.15) is 0 Å². The number of hydrogen-bond donors (Lipinski definition) is 1. The first kappa shape index (κ1) is 13.6. The van der Waals surface area contributed by atoms with Crippen LogP contribution in [0.25, 0.3) is 0 Å². The van der Waals surface area contributed by atoms with Crippen molar-refractivity contribution in [3.8, 4) is 0 Å². The third-order valence-corrected chi connectivity index (χ3v) is 4.01. The predicted octanol–water partition coefficient (Wildman–Crippen LogP) is 0.819. The van der Waals surface area contributed by atoms with Gasteiger partial charge in [-0.05, 0) is 19.9 Å². The first-order valence-electron chi connectivity index (χ1n) is 7.42. The second-order valence-electron chi connectivity index (χ2n) is 5.57. The molecule has 0 spiro atoms. The summed E-state index contributed by atoms with van der Waals surface area (Å²) in [6.07, 6.45) is 4.29. The lowest BCUT2D eigenvalue weighted by atomic mass is 10.2. The molecule has 6 nitrogen and oxygen atoms in total. The number of piperazine rings is 1. The zero-order chi connectivity index (χ0) is 13.8. The highest BCUT2D eigenvalue weighted by molar-refractivity contribution is 5.48. The lowest BCUT2D eigenvalue weighted by molar-refractivity contribution is 0.120. The molecule has 0 saturated carbocycles. The molecule has 110 valence electrons. The summed E-state index contributed by atoms with van der Waals surface area (Å²) in [7, 11) is 2.16. The molecule has 1 N–H and O–H groups in total. The summed E-state index contributed by atoms with van der Waals surface area (Å²) in [5.74, 6) is 1.91. The second kappa shape index (κ2) is 6.37. The van der Waals surface area contributed by atoms with E-state index in [-0.39, 0.29) is 0 Å². The molecule has 1 aromatic rings. The maximum atomic E-state index is 5.61. The molecule has 1 aromatic heterocycles. The van der Waals surface area contributed by atoms with Crippen LogP contribution in [0.4, 0.5) is 11.6 Å². The van der Waals surface area contributed by atoms with Crippen molar-refractivity contribution in [2.75, 3.05) is 56.6 Å². The maximum Gasteiger partial charge on any atom is 0.134 e. The van der Waals surface area contributed by atoms with Crippen molar-refractivity contribution in [2.45, 2.75) is 18.9 Å². The van der Waals surface area contributed by atoms with Gasteiger partial charge in [0, 0.05) is 45.4 Å². The Kier molecular flexibility index (Phi) is 4.32. The van der Waals surface area contributed by atoms with E-state index in [9.17, 15) is 0 Å². The Morgan fingerprint density at radius 1 is 1.30 bits per heavy atom. The molecular formula is C14H23N5O. The molecule has 0 aromatic carbocycles. The first-order valence-corrected chi connectivity index (χ1v) is 7.42. The lowest BCUT2D eigenvalue weighted by Crippen LogP contribution is -2.44. The number of likely N-dealkylation sites (N-methyl/N-ethyl adjacent to an activating group) is 1. The number of nitrogens with zero attached hydrogens (tertiary/aromatic N) is 4. The molecule has 3 heterocycles. The van der Waals surface area contributed by atoms with Gasteiger partial charge in [0.2, 0.25) is 0 Å². The summed E-state index contributed by atoms with van der Waals surface area (Å²) in [5.41, 5.74) is 0. The highest BCUT2D eigenvalue weighted by Crippen LogP contribution is 2.17. The first-order chi connectivity index (χ1) is 9.81. The maximum absolute atomic E-state index is 5.61. The minimum Gasteiger partial charge on any atom is -0.376 e. The van der Waals surface area contributed by atoms with E-state index in [1.165, 1.54) is 6.42 Å². The zero-order valence-corrected chi connectivity index (χ0v) is 12.1. The van der Waals surface area contributed by atoms with Crippen LogP contribution in [-0.2, 0) is 4.74 Å². The minimum atomic E-state index is 0.331. The normalized spacial score (nSPS) is 24.1. The monoisotopic (exact) mass is 277 g/mol. The largest absolute Gasteiger partial charge is 0.376 e. The number of hydrogen-bond acceptors (Lipinski definition) is 6. The van der Waals surface area contributed by atoms with Gasteiger partial charge < -0.3 is 19.9 Å². The molecule has 20 heavy (non-hydrogen) atoms. The van der Waals surface area contributed by atoms with E-state index in [1.807, 2.05) is 6.07 Å². The topological polar surface area (TPSA) is 53.5 Å². The van der Waals surface area contributed by atoms with Crippen molar-refractivity contribution in [3.05, 3.63) is 12.4 Å². The van der Waals surface area contributed by atoms with E-state index in [2.05, 4.69) is 32.1 Å². The Labute approximate surface area is 120 Å². The third-order valence-electron chi connectivity index (χ3n) is 4.01. The van der Waals surface area contributed by atoms with Gasteiger partial charge in [0.1, 0.15) is 18.0 Å². The van der Waals surface area contributed by atoms with Crippen LogP contribution < -0.4 is 10.2 Å². The zero-order valence-electron chi connectivity index (χ0n) is 12.1. The number of nitrogens with one attached hydrogen (secondary N) is 1.